The largest absolute Gasteiger partial charge is 0.336 e. The number of rotatable bonds is 5. The summed E-state index contributed by atoms with van der Waals surface area (Å²) in [6, 6.07) is 12.4. The van der Waals surface area contributed by atoms with Crippen LogP contribution >= 0.6 is 0 Å². The van der Waals surface area contributed by atoms with E-state index in [1.54, 1.807) is 23.1 Å². The third kappa shape index (κ3) is 4.43. The zero-order valence-electron chi connectivity index (χ0n) is 14.3. The van der Waals surface area contributed by atoms with E-state index in [0.717, 1.165) is 31.6 Å². The Balaban J connectivity index is 1.52. The molecule has 1 heterocycles. The van der Waals surface area contributed by atoms with Crippen molar-refractivity contribution in [3.8, 4) is 0 Å². The van der Waals surface area contributed by atoms with Gasteiger partial charge < -0.3 is 4.90 Å². The first-order chi connectivity index (χ1) is 12.5. The van der Waals surface area contributed by atoms with E-state index in [9.17, 15) is 19.3 Å². The lowest BCUT2D eigenvalue weighted by molar-refractivity contribution is -0.384. The Bertz CT molecular complexity index is 804. The number of nitro groups is 1. The second-order valence-electron chi connectivity index (χ2n) is 6.32. The van der Waals surface area contributed by atoms with Crippen LogP contribution in [0.3, 0.4) is 0 Å². The maximum absolute atomic E-state index is 13.2. The van der Waals surface area contributed by atoms with E-state index in [-0.39, 0.29) is 17.4 Å². The van der Waals surface area contributed by atoms with Crippen molar-refractivity contribution < 1.29 is 14.1 Å². The monoisotopic (exact) mass is 357 g/mol. The topological polar surface area (TPSA) is 66.7 Å². The minimum Gasteiger partial charge on any atom is -0.336 e. The van der Waals surface area contributed by atoms with Gasteiger partial charge in [0.25, 0.3) is 11.6 Å². The van der Waals surface area contributed by atoms with Crippen molar-refractivity contribution in [2.45, 2.75) is 6.42 Å². The molecule has 0 saturated carbocycles. The summed E-state index contributed by atoms with van der Waals surface area (Å²) in [6.07, 6.45) is 0.761. The molecule has 0 aromatic heterocycles. The fraction of sp³-hybridized carbons (Fsp3) is 0.316. The highest BCUT2D eigenvalue weighted by molar-refractivity contribution is 5.94. The van der Waals surface area contributed by atoms with Gasteiger partial charge in [-0.2, -0.15) is 0 Å². The van der Waals surface area contributed by atoms with Crippen molar-refractivity contribution in [3.05, 3.63) is 75.6 Å². The highest BCUT2D eigenvalue weighted by Gasteiger charge is 2.23. The summed E-state index contributed by atoms with van der Waals surface area (Å²) in [5.41, 5.74) is 1.22. The SMILES string of the molecule is O=C(c1cccc([N+](=O)[O-])c1)N1CCN(CCc2cccc(F)c2)CC1. The van der Waals surface area contributed by atoms with Crippen LogP contribution in [0.1, 0.15) is 15.9 Å². The van der Waals surface area contributed by atoms with Crippen LogP contribution in [-0.2, 0) is 6.42 Å². The summed E-state index contributed by atoms with van der Waals surface area (Å²) in [5, 5.41) is 10.9. The van der Waals surface area contributed by atoms with Crippen LogP contribution in [0, 0.1) is 15.9 Å². The zero-order valence-corrected chi connectivity index (χ0v) is 14.3. The summed E-state index contributed by atoms with van der Waals surface area (Å²) in [5.74, 6) is -0.409. The first-order valence-electron chi connectivity index (χ1n) is 8.53. The van der Waals surface area contributed by atoms with Crippen LogP contribution in [0.15, 0.2) is 48.5 Å². The number of nitrogens with zero attached hydrogens (tertiary/aromatic N) is 3. The first kappa shape index (κ1) is 18.0. The van der Waals surface area contributed by atoms with Crippen LogP contribution in [0.2, 0.25) is 0 Å². The fourth-order valence-corrected chi connectivity index (χ4v) is 3.09. The number of carbonyl (C=O) groups excluding carboxylic acids is 1. The van der Waals surface area contributed by atoms with Gasteiger partial charge in [-0.1, -0.05) is 18.2 Å². The Morgan fingerprint density at radius 1 is 1.08 bits per heavy atom. The van der Waals surface area contributed by atoms with E-state index in [1.165, 1.54) is 24.3 Å². The first-order valence-corrected chi connectivity index (χ1v) is 8.53. The number of hydrogen-bond acceptors (Lipinski definition) is 4. The van der Waals surface area contributed by atoms with Gasteiger partial charge in [-0.15, -0.1) is 0 Å². The smallest absolute Gasteiger partial charge is 0.270 e. The molecule has 0 aliphatic carbocycles. The van der Waals surface area contributed by atoms with Gasteiger partial charge in [0.15, 0.2) is 0 Å². The van der Waals surface area contributed by atoms with E-state index in [0.29, 0.717) is 18.7 Å². The standard InChI is InChI=1S/C19H20FN3O3/c20-17-5-1-3-15(13-17)7-8-21-9-11-22(12-10-21)19(24)16-4-2-6-18(14-16)23(25)26/h1-6,13-14H,7-12H2. The molecule has 0 bridgehead atoms. The van der Waals surface area contributed by atoms with E-state index in [4.69, 9.17) is 0 Å². The summed E-state index contributed by atoms with van der Waals surface area (Å²) < 4.78 is 13.2. The number of amides is 1. The number of hydrogen-bond donors (Lipinski definition) is 0. The van der Waals surface area contributed by atoms with Crippen LogP contribution in [0.25, 0.3) is 0 Å². The van der Waals surface area contributed by atoms with E-state index < -0.39 is 4.92 Å². The number of benzene rings is 2. The molecule has 3 rings (SSSR count). The molecule has 6 nitrogen and oxygen atoms in total. The molecule has 0 radical (unpaired) electrons. The molecule has 7 heteroatoms. The molecule has 0 atom stereocenters. The molecule has 26 heavy (non-hydrogen) atoms. The second kappa shape index (κ2) is 8.05. The highest BCUT2D eigenvalue weighted by Crippen LogP contribution is 2.16. The van der Waals surface area contributed by atoms with Gasteiger partial charge in [0.05, 0.1) is 4.92 Å². The molecular formula is C19H20FN3O3. The Morgan fingerprint density at radius 3 is 2.50 bits per heavy atom. The zero-order chi connectivity index (χ0) is 18.5. The molecule has 1 amide bonds. The maximum atomic E-state index is 13.2. The Labute approximate surface area is 151 Å². The van der Waals surface area contributed by atoms with Gasteiger partial charge in [-0.3, -0.25) is 19.8 Å². The Hall–Kier alpha value is -2.80. The van der Waals surface area contributed by atoms with Gasteiger partial charge in [0, 0.05) is 50.4 Å². The van der Waals surface area contributed by atoms with Gasteiger partial charge in [0.2, 0.25) is 0 Å². The van der Waals surface area contributed by atoms with Gasteiger partial charge in [-0.05, 0) is 30.2 Å². The number of carbonyl (C=O) groups is 1. The van der Waals surface area contributed by atoms with Crippen molar-refractivity contribution in [2.24, 2.45) is 0 Å². The van der Waals surface area contributed by atoms with Crippen LogP contribution in [0.5, 0.6) is 0 Å². The lowest BCUT2D eigenvalue weighted by atomic mass is 10.1. The van der Waals surface area contributed by atoms with Crippen molar-refractivity contribution in [3.63, 3.8) is 0 Å². The molecule has 2 aromatic carbocycles. The van der Waals surface area contributed by atoms with Crippen molar-refractivity contribution in [2.75, 3.05) is 32.7 Å². The molecule has 1 fully saturated rings. The van der Waals surface area contributed by atoms with Crippen LogP contribution in [0.4, 0.5) is 10.1 Å². The molecular weight excluding hydrogens is 337 g/mol. The third-order valence-electron chi connectivity index (χ3n) is 4.57. The summed E-state index contributed by atoms with van der Waals surface area (Å²) in [4.78, 5) is 26.9. The lowest BCUT2D eigenvalue weighted by Gasteiger charge is -2.34. The average Bonchev–Trinajstić information content (AvgIpc) is 2.66. The third-order valence-corrected chi connectivity index (χ3v) is 4.57. The summed E-state index contributed by atoms with van der Waals surface area (Å²) >= 11 is 0. The van der Waals surface area contributed by atoms with Gasteiger partial charge >= 0.3 is 0 Å². The molecule has 0 N–H and O–H groups in total. The second-order valence-corrected chi connectivity index (χ2v) is 6.32. The number of piperazine rings is 1. The average molecular weight is 357 g/mol. The quantitative estimate of drug-likeness (QED) is 0.610. The molecule has 1 saturated heterocycles. The van der Waals surface area contributed by atoms with Crippen LogP contribution in [-0.4, -0.2) is 53.4 Å². The minimum atomic E-state index is -0.499. The minimum absolute atomic E-state index is 0.0791. The number of non-ortho nitro benzene ring substituents is 1. The Morgan fingerprint density at radius 2 is 1.81 bits per heavy atom. The van der Waals surface area contributed by atoms with Crippen LogP contribution < -0.4 is 0 Å². The Kier molecular flexibility index (Phi) is 5.58. The van der Waals surface area contributed by atoms with Gasteiger partial charge in [0.1, 0.15) is 5.82 Å². The van der Waals surface area contributed by atoms with E-state index in [2.05, 4.69) is 4.90 Å². The van der Waals surface area contributed by atoms with Gasteiger partial charge in [-0.25, -0.2) is 4.39 Å². The molecule has 2 aromatic rings. The summed E-state index contributed by atoms with van der Waals surface area (Å²) in [6.45, 7) is 3.42. The molecule has 136 valence electrons. The van der Waals surface area contributed by atoms with E-state index in [1.807, 2.05) is 6.07 Å². The lowest BCUT2D eigenvalue weighted by Crippen LogP contribution is -2.49. The number of nitro benzene ring substituents is 1. The predicted octanol–water partition coefficient (Wildman–Crippen LogP) is 2.73. The molecule has 0 spiro atoms. The highest BCUT2D eigenvalue weighted by atomic mass is 19.1. The molecule has 1 aliphatic rings. The van der Waals surface area contributed by atoms with Crippen molar-refractivity contribution in [1.29, 1.82) is 0 Å². The number of halogens is 1. The van der Waals surface area contributed by atoms with Crippen molar-refractivity contribution in [1.82, 2.24) is 9.80 Å². The fourth-order valence-electron chi connectivity index (χ4n) is 3.09. The maximum Gasteiger partial charge on any atom is 0.270 e. The molecule has 1 aliphatic heterocycles. The summed E-state index contributed by atoms with van der Waals surface area (Å²) in [7, 11) is 0. The normalized spacial score (nSPS) is 15.0. The predicted molar refractivity (Wildman–Crippen MR) is 95.5 cm³/mol. The van der Waals surface area contributed by atoms with E-state index >= 15 is 0 Å². The molecule has 0 unspecified atom stereocenters. The van der Waals surface area contributed by atoms with Crippen molar-refractivity contribution >= 4 is 11.6 Å².